The molecule has 0 aliphatic heterocycles. The molecule has 0 spiro atoms. The summed E-state index contributed by atoms with van der Waals surface area (Å²) < 4.78 is 0. The Kier molecular flexibility index (Phi) is 3.87. The minimum Gasteiger partial charge on any atom is -0.477 e. The van der Waals surface area contributed by atoms with E-state index in [4.69, 9.17) is 10.4 Å². The van der Waals surface area contributed by atoms with Gasteiger partial charge in [0, 0.05) is 0 Å². The zero-order valence-corrected chi connectivity index (χ0v) is 7.92. The van der Waals surface area contributed by atoms with E-state index in [9.17, 15) is 4.79 Å². The smallest absolute Gasteiger partial charge is 0.346 e. The average Bonchev–Trinajstić information content (AvgIpc) is 2.25. The van der Waals surface area contributed by atoms with Crippen molar-refractivity contribution in [2.75, 3.05) is 0 Å². The molecule has 0 aliphatic rings. The van der Waals surface area contributed by atoms with Crippen molar-refractivity contribution in [1.82, 2.24) is 0 Å². The first kappa shape index (κ1) is 10.7. The Balaban J connectivity index is 2.76. The molecule has 0 aliphatic carbocycles. The summed E-state index contributed by atoms with van der Waals surface area (Å²) in [5.41, 5.74) is 0.679. The Morgan fingerprint density at radius 3 is 2.53 bits per heavy atom. The van der Waals surface area contributed by atoms with Gasteiger partial charge in [-0.05, 0) is 11.6 Å². The first-order chi connectivity index (χ1) is 7.24. The van der Waals surface area contributed by atoms with Crippen LogP contribution in [0.15, 0.2) is 48.1 Å². The highest BCUT2D eigenvalue weighted by molar-refractivity contribution is 5.91. The van der Waals surface area contributed by atoms with Gasteiger partial charge < -0.3 is 5.11 Å². The maximum atomic E-state index is 10.4. The molecule has 3 nitrogen and oxygen atoms in total. The average molecular weight is 199 g/mol. The van der Waals surface area contributed by atoms with Gasteiger partial charge in [-0.1, -0.05) is 42.5 Å². The Bertz CT molecular complexity index is 438. The summed E-state index contributed by atoms with van der Waals surface area (Å²) in [6, 6.07) is 11.0. The van der Waals surface area contributed by atoms with Crippen molar-refractivity contribution in [3.8, 4) is 6.07 Å². The zero-order chi connectivity index (χ0) is 11.1. The predicted octanol–water partition coefficient (Wildman–Crippen LogP) is 2.23. The summed E-state index contributed by atoms with van der Waals surface area (Å²) >= 11 is 0. The number of carboxylic acid groups (broad SMARTS) is 1. The molecule has 0 amide bonds. The Morgan fingerprint density at radius 1 is 1.33 bits per heavy atom. The van der Waals surface area contributed by atoms with E-state index < -0.39 is 5.97 Å². The zero-order valence-electron chi connectivity index (χ0n) is 7.92. The third-order valence-corrected chi connectivity index (χ3v) is 1.70. The molecule has 0 bridgehead atoms. The molecule has 1 aromatic carbocycles. The Morgan fingerprint density at radius 2 is 2.00 bits per heavy atom. The fourth-order valence-corrected chi connectivity index (χ4v) is 0.976. The largest absolute Gasteiger partial charge is 0.477 e. The van der Waals surface area contributed by atoms with Crippen molar-refractivity contribution in [3.05, 3.63) is 53.6 Å². The molecule has 1 aromatic rings. The number of carbonyl (C=O) groups is 1. The third-order valence-electron chi connectivity index (χ3n) is 1.70. The molecule has 0 unspecified atom stereocenters. The van der Waals surface area contributed by atoms with E-state index in [1.54, 1.807) is 18.2 Å². The van der Waals surface area contributed by atoms with Crippen molar-refractivity contribution < 1.29 is 9.90 Å². The van der Waals surface area contributed by atoms with Crippen molar-refractivity contribution in [2.45, 2.75) is 0 Å². The molecule has 3 heteroatoms. The lowest BCUT2D eigenvalue weighted by Crippen LogP contribution is -1.96. The van der Waals surface area contributed by atoms with Crippen LogP contribution in [0, 0.1) is 11.3 Å². The number of benzene rings is 1. The number of hydrogen-bond donors (Lipinski definition) is 1. The van der Waals surface area contributed by atoms with Crippen LogP contribution in [0.3, 0.4) is 0 Å². The van der Waals surface area contributed by atoms with Crippen LogP contribution in [-0.2, 0) is 4.79 Å². The lowest BCUT2D eigenvalue weighted by Gasteiger charge is -1.89. The van der Waals surface area contributed by atoms with E-state index >= 15 is 0 Å². The Labute approximate surface area is 87.6 Å². The fraction of sp³-hybridized carbons (Fsp3) is 0. The lowest BCUT2D eigenvalue weighted by molar-refractivity contribution is -0.132. The molecule has 0 saturated carbocycles. The van der Waals surface area contributed by atoms with Crippen LogP contribution in [0.5, 0.6) is 0 Å². The molecule has 0 fully saturated rings. The van der Waals surface area contributed by atoms with Crippen molar-refractivity contribution in [2.24, 2.45) is 0 Å². The predicted molar refractivity (Wildman–Crippen MR) is 56.8 cm³/mol. The van der Waals surface area contributed by atoms with E-state index in [1.807, 2.05) is 30.3 Å². The number of hydrogen-bond acceptors (Lipinski definition) is 2. The monoisotopic (exact) mass is 199 g/mol. The van der Waals surface area contributed by atoms with Crippen molar-refractivity contribution in [3.63, 3.8) is 0 Å². The van der Waals surface area contributed by atoms with Gasteiger partial charge in [-0.3, -0.25) is 0 Å². The standard InChI is InChI=1S/C12H9NO2/c13-9-11(12(14)15)8-4-7-10-5-2-1-3-6-10/h1-8H,(H,14,15). The van der Waals surface area contributed by atoms with Gasteiger partial charge in [0.15, 0.2) is 0 Å². The van der Waals surface area contributed by atoms with Gasteiger partial charge in [0.2, 0.25) is 0 Å². The molecule has 74 valence electrons. The van der Waals surface area contributed by atoms with Gasteiger partial charge in [0.25, 0.3) is 0 Å². The van der Waals surface area contributed by atoms with E-state index in [0.717, 1.165) is 5.56 Å². The van der Waals surface area contributed by atoms with E-state index in [2.05, 4.69) is 0 Å². The third kappa shape index (κ3) is 3.49. The van der Waals surface area contributed by atoms with Gasteiger partial charge in [-0.25, -0.2) is 4.79 Å². The van der Waals surface area contributed by atoms with Gasteiger partial charge in [-0.15, -0.1) is 0 Å². The van der Waals surface area contributed by atoms with Crippen LogP contribution >= 0.6 is 0 Å². The van der Waals surface area contributed by atoms with E-state index in [1.165, 1.54) is 6.08 Å². The Hall–Kier alpha value is -2.34. The summed E-state index contributed by atoms with van der Waals surface area (Å²) in [7, 11) is 0. The molecule has 15 heavy (non-hydrogen) atoms. The molecule has 0 aromatic heterocycles. The summed E-state index contributed by atoms with van der Waals surface area (Å²) in [6.07, 6.45) is 4.55. The van der Waals surface area contributed by atoms with Crippen molar-refractivity contribution >= 4 is 12.0 Å². The summed E-state index contributed by atoms with van der Waals surface area (Å²) in [5, 5.41) is 17.0. The second-order valence-electron chi connectivity index (χ2n) is 2.77. The topological polar surface area (TPSA) is 61.1 Å². The number of aliphatic carboxylic acids is 1. The molecule has 0 atom stereocenters. The molecular formula is C12H9NO2. The number of carboxylic acids is 1. The number of nitrogens with zero attached hydrogens (tertiary/aromatic N) is 1. The van der Waals surface area contributed by atoms with Gasteiger partial charge in [-0.2, -0.15) is 5.26 Å². The molecule has 1 rings (SSSR count). The molecular weight excluding hydrogens is 190 g/mol. The van der Waals surface area contributed by atoms with E-state index in [-0.39, 0.29) is 5.57 Å². The summed E-state index contributed by atoms with van der Waals surface area (Å²) in [6.45, 7) is 0. The highest BCUT2D eigenvalue weighted by Crippen LogP contribution is 2.02. The molecule has 0 saturated heterocycles. The van der Waals surface area contributed by atoms with Crippen LogP contribution in [0.25, 0.3) is 6.08 Å². The van der Waals surface area contributed by atoms with Crippen LogP contribution in [-0.4, -0.2) is 11.1 Å². The van der Waals surface area contributed by atoms with Crippen LogP contribution in [0.2, 0.25) is 0 Å². The first-order valence-electron chi connectivity index (χ1n) is 4.31. The van der Waals surface area contributed by atoms with Gasteiger partial charge in [0.1, 0.15) is 11.6 Å². The van der Waals surface area contributed by atoms with Gasteiger partial charge >= 0.3 is 5.97 Å². The quantitative estimate of drug-likeness (QED) is 0.461. The molecule has 0 heterocycles. The lowest BCUT2D eigenvalue weighted by atomic mass is 10.2. The fourth-order valence-electron chi connectivity index (χ4n) is 0.976. The number of allylic oxidation sites excluding steroid dienone is 2. The second-order valence-corrected chi connectivity index (χ2v) is 2.77. The maximum Gasteiger partial charge on any atom is 0.346 e. The number of rotatable bonds is 3. The van der Waals surface area contributed by atoms with Crippen LogP contribution in [0.4, 0.5) is 0 Å². The SMILES string of the molecule is N#CC(=CC=Cc1ccccc1)C(=O)O. The van der Waals surface area contributed by atoms with Gasteiger partial charge in [0.05, 0.1) is 0 Å². The molecule has 1 N–H and O–H groups in total. The minimum atomic E-state index is -1.21. The second kappa shape index (κ2) is 5.40. The normalized spacial score (nSPS) is 11.3. The summed E-state index contributed by atoms with van der Waals surface area (Å²) in [4.78, 5) is 10.4. The van der Waals surface area contributed by atoms with Crippen molar-refractivity contribution in [1.29, 1.82) is 5.26 Å². The van der Waals surface area contributed by atoms with Crippen LogP contribution in [0.1, 0.15) is 5.56 Å². The molecule has 0 radical (unpaired) electrons. The summed E-state index contributed by atoms with van der Waals surface area (Å²) in [5.74, 6) is -1.21. The number of nitriles is 1. The highest BCUT2D eigenvalue weighted by atomic mass is 16.4. The highest BCUT2D eigenvalue weighted by Gasteiger charge is 2.02. The first-order valence-corrected chi connectivity index (χ1v) is 4.31. The maximum absolute atomic E-state index is 10.4. The van der Waals surface area contributed by atoms with E-state index in [0.29, 0.717) is 0 Å². The minimum absolute atomic E-state index is 0.276. The van der Waals surface area contributed by atoms with Crippen LogP contribution < -0.4 is 0 Å².